The molecule has 1 aliphatic rings. The first-order valence-corrected chi connectivity index (χ1v) is 8.50. The maximum Gasteiger partial charge on any atom is 0.409 e. The minimum Gasteiger partial charge on any atom is -0.450 e. The Morgan fingerprint density at radius 3 is 2.37 bits per heavy atom. The van der Waals surface area contributed by atoms with Crippen molar-refractivity contribution in [2.45, 2.75) is 13.8 Å². The number of rotatable bonds is 5. The number of nitrogens with zero attached hydrogens (tertiary/aromatic N) is 2. The lowest BCUT2D eigenvalue weighted by atomic mass is 10.3. The highest BCUT2D eigenvalue weighted by molar-refractivity contribution is 7.89. The highest BCUT2D eigenvalue weighted by Gasteiger charge is 2.30. The topological polar surface area (TPSA) is 66.9 Å². The summed E-state index contributed by atoms with van der Waals surface area (Å²) in [7, 11) is -3.29. The van der Waals surface area contributed by atoms with E-state index in [9.17, 15) is 13.2 Å². The van der Waals surface area contributed by atoms with Gasteiger partial charge in [-0.3, -0.25) is 0 Å². The van der Waals surface area contributed by atoms with Crippen molar-refractivity contribution in [3.63, 3.8) is 0 Å². The lowest BCUT2D eigenvalue weighted by Crippen LogP contribution is -2.51. The van der Waals surface area contributed by atoms with Gasteiger partial charge in [0.25, 0.3) is 0 Å². The Kier molecular flexibility index (Phi) is 6.35. The van der Waals surface area contributed by atoms with E-state index in [4.69, 9.17) is 16.3 Å². The first-order valence-electron chi connectivity index (χ1n) is 6.36. The second kappa shape index (κ2) is 7.31. The van der Waals surface area contributed by atoms with Crippen LogP contribution in [0.2, 0.25) is 0 Å². The highest BCUT2D eigenvalue weighted by atomic mass is 35.5. The van der Waals surface area contributed by atoms with Gasteiger partial charge in [-0.15, -0.1) is 11.6 Å². The predicted molar refractivity (Wildman–Crippen MR) is 73.8 cm³/mol. The zero-order valence-electron chi connectivity index (χ0n) is 11.3. The fourth-order valence-corrected chi connectivity index (χ4v) is 3.88. The summed E-state index contributed by atoms with van der Waals surface area (Å²) in [5.74, 6) is 0.299. The molecule has 0 bridgehead atoms. The number of carbonyl (C=O) groups is 1. The molecule has 19 heavy (non-hydrogen) atoms. The third-order valence-electron chi connectivity index (χ3n) is 2.92. The normalized spacial score (nSPS) is 19.2. The van der Waals surface area contributed by atoms with Crippen LogP contribution >= 0.6 is 11.6 Å². The lowest BCUT2D eigenvalue weighted by molar-refractivity contribution is 0.0933. The predicted octanol–water partition coefficient (Wildman–Crippen LogP) is 0.965. The standard InChI is InChI=1S/C11H21ClN2O4S/c1-3-18-11(15)13-4-6-14(7-5-13)19(16,17)9-10(2)8-12/h10H,3-9H2,1-2H3. The van der Waals surface area contributed by atoms with Gasteiger partial charge in [0.05, 0.1) is 12.4 Å². The first-order chi connectivity index (χ1) is 8.90. The van der Waals surface area contributed by atoms with E-state index in [1.54, 1.807) is 13.8 Å². The SMILES string of the molecule is CCOC(=O)N1CCN(S(=O)(=O)CC(C)CCl)CC1. The van der Waals surface area contributed by atoms with Crippen molar-refractivity contribution < 1.29 is 17.9 Å². The molecule has 1 fully saturated rings. The van der Waals surface area contributed by atoms with Crippen molar-refractivity contribution in [2.24, 2.45) is 5.92 Å². The van der Waals surface area contributed by atoms with E-state index in [0.717, 1.165) is 0 Å². The smallest absolute Gasteiger partial charge is 0.409 e. The number of hydrogen-bond donors (Lipinski definition) is 0. The molecular weight excluding hydrogens is 292 g/mol. The fourth-order valence-electron chi connectivity index (χ4n) is 1.87. The molecular formula is C11H21ClN2O4S. The monoisotopic (exact) mass is 312 g/mol. The Balaban J connectivity index is 2.51. The summed E-state index contributed by atoms with van der Waals surface area (Å²) in [4.78, 5) is 13.0. The molecule has 0 aliphatic carbocycles. The minimum absolute atomic E-state index is 0.0515. The van der Waals surface area contributed by atoms with Gasteiger partial charge in [0.2, 0.25) is 10.0 Å². The van der Waals surface area contributed by atoms with Crippen LogP contribution < -0.4 is 0 Å². The summed E-state index contributed by atoms with van der Waals surface area (Å²) in [6.07, 6.45) is -0.381. The van der Waals surface area contributed by atoms with E-state index < -0.39 is 10.0 Å². The molecule has 1 atom stereocenters. The maximum absolute atomic E-state index is 12.1. The Bertz CT molecular complexity index is 393. The number of halogens is 1. The van der Waals surface area contributed by atoms with Crippen LogP contribution in [0.25, 0.3) is 0 Å². The first kappa shape index (κ1) is 16.5. The van der Waals surface area contributed by atoms with Crippen molar-refractivity contribution in [3.8, 4) is 0 Å². The van der Waals surface area contributed by atoms with Crippen LogP contribution in [-0.4, -0.2) is 68.1 Å². The van der Waals surface area contributed by atoms with Crippen molar-refractivity contribution >= 4 is 27.7 Å². The van der Waals surface area contributed by atoms with Gasteiger partial charge >= 0.3 is 6.09 Å². The summed E-state index contributed by atoms with van der Waals surface area (Å²) < 4.78 is 30.5. The highest BCUT2D eigenvalue weighted by Crippen LogP contribution is 2.12. The maximum atomic E-state index is 12.1. The largest absolute Gasteiger partial charge is 0.450 e. The number of alkyl halides is 1. The van der Waals surface area contributed by atoms with E-state index in [1.807, 2.05) is 0 Å². The van der Waals surface area contributed by atoms with E-state index in [1.165, 1.54) is 9.21 Å². The molecule has 0 N–H and O–H groups in total. The number of sulfonamides is 1. The average molecular weight is 313 g/mol. The molecule has 1 rings (SSSR count). The Labute approximate surface area is 119 Å². The molecule has 0 aromatic heterocycles. The average Bonchev–Trinajstić information content (AvgIpc) is 2.38. The number of ether oxygens (including phenoxy) is 1. The van der Waals surface area contributed by atoms with Crippen LogP contribution in [0.5, 0.6) is 0 Å². The summed E-state index contributed by atoms with van der Waals surface area (Å²) in [5, 5.41) is 0. The number of hydrogen-bond acceptors (Lipinski definition) is 4. The van der Waals surface area contributed by atoms with Crippen LogP contribution in [0.4, 0.5) is 4.79 Å². The second-order valence-corrected chi connectivity index (χ2v) is 6.95. The molecule has 1 aliphatic heterocycles. The summed E-state index contributed by atoms with van der Waals surface area (Å²) >= 11 is 5.64. The zero-order valence-corrected chi connectivity index (χ0v) is 12.9. The zero-order chi connectivity index (χ0) is 14.5. The number of piperazine rings is 1. The Morgan fingerprint density at radius 1 is 1.32 bits per heavy atom. The van der Waals surface area contributed by atoms with Gasteiger partial charge in [-0.25, -0.2) is 13.2 Å². The van der Waals surface area contributed by atoms with Crippen LogP contribution in [-0.2, 0) is 14.8 Å². The van der Waals surface area contributed by atoms with Crippen LogP contribution in [0, 0.1) is 5.92 Å². The van der Waals surface area contributed by atoms with E-state index in [0.29, 0.717) is 38.7 Å². The molecule has 6 nitrogen and oxygen atoms in total. The molecule has 0 aromatic carbocycles. The van der Waals surface area contributed by atoms with Gasteiger partial charge in [-0.1, -0.05) is 6.92 Å². The summed E-state index contributed by atoms with van der Waals surface area (Å²) in [6, 6.07) is 0. The third kappa shape index (κ3) is 4.81. The molecule has 8 heteroatoms. The molecule has 0 saturated carbocycles. The summed E-state index contributed by atoms with van der Waals surface area (Å²) in [5.41, 5.74) is 0. The van der Waals surface area contributed by atoms with Gasteiger partial charge in [-0.2, -0.15) is 4.31 Å². The van der Waals surface area contributed by atoms with E-state index >= 15 is 0 Å². The van der Waals surface area contributed by atoms with Gasteiger partial charge in [0.1, 0.15) is 0 Å². The van der Waals surface area contributed by atoms with Crippen molar-refractivity contribution in [1.82, 2.24) is 9.21 Å². The van der Waals surface area contributed by atoms with Crippen LogP contribution in [0.15, 0.2) is 0 Å². The molecule has 0 aromatic rings. The van der Waals surface area contributed by atoms with Crippen molar-refractivity contribution in [3.05, 3.63) is 0 Å². The molecule has 0 spiro atoms. The van der Waals surface area contributed by atoms with Gasteiger partial charge in [0, 0.05) is 32.1 Å². The molecule has 1 heterocycles. The fraction of sp³-hybridized carbons (Fsp3) is 0.909. The Hall–Kier alpha value is -0.530. The molecule has 112 valence electrons. The van der Waals surface area contributed by atoms with Crippen molar-refractivity contribution in [1.29, 1.82) is 0 Å². The molecule has 1 unspecified atom stereocenters. The van der Waals surface area contributed by atoms with Crippen LogP contribution in [0.1, 0.15) is 13.8 Å². The van der Waals surface area contributed by atoms with E-state index in [2.05, 4.69) is 0 Å². The van der Waals surface area contributed by atoms with Gasteiger partial charge in [0.15, 0.2) is 0 Å². The van der Waals surface area contributed by atoms with E-state index in [-0.39, 0.29) is 17.8 Å². The minimum atomic E-state index is -3.29. The summed E-state index contributed by atoms with van der Waals surface area (Å²) in [6.45, 7) is 5.24. The Morgan fingerprint density at radius 2 is 1.89 bits per heavy atom. The number of carbonyl (C=O) groups excluding carboxylic acids is 1. The van der Waals surface area contributed by atoms with Gasteiger partial charge in [-0.05, 0) is 12.8 Å². The molecule has 0 radical (unpaired) electrons. The lowest BCUT2D eigenvalue weighted by Gasteiger charge is -2.33. The number of amides is 1. The van der Waals surface area contributed by atoms with Crippen molar-refractivity contribution in [2.75, 3.05) is 44.4 Å². The van der Waals surface area contributed by atoms with Crippen LogP contribution in [0.3, 0.4) is 0 Å². The molecule has 1 saturated heterocycles. The second-order valence-electron chi connectivity index (χ2n) is 4.62. The molecule has 1 amide bonds. The quantitative estimate of drug-likeness (QED) is 0.709. The van der Waals surface area contributed by atoms with Gasteiger partial charge < -0.3 is 9.64 Å². The third-order valence-corrected chi connectivity index (χ3v) is 5.59.